The van der Waals surface area contributed by atoms with Crippen LogP contribution in [0.4, 0.5) is 4.79 Å². The second kappa shape index (κ2) is 12.4. The number of aromatic nitrogens is 2. The minimum Gasteiger partial charge on any atom is -0.487 e. The molecule has 1 saturated carbocycles. The van der Waals surface area contributed by atoms with E-state index in [2.05, 4.69) is 9.97 Å². The molecule has 37 heavy (non-hydrogen) atoms. The van der Waals surface area contributed by atoms with E-state index in [4.69, 9.17) is 25.8 Å². The number of carbonyl (C=O) groups is 2. The summed E-state index contributed by atoms with van der Waals surface area (Å²) in [6.07, 6.45) is 4.32. The van der Waals surface area contributed by atoms with Crippen LogP contribution < -0.4 is 4.74 Å². The van der Waals surface area contributed by atoms with Gasteiger partial charge in [-0.15, -0.1) is 11.3 Å². The number of hydrogen-bond donors (Lipinski definition) is 0. The molecule has 2 heterocycles. The number of esters is 1. The Morgan fingerprint density at radius 1 is 1.22 bits per heavy atom. The zero-order valence-corrected chi connectivity index (χ0v) is 22.7. The molecular weight excluding hydrogens is 514 g/mol. The summed E-state index contributed by atoms with van der Waals surface area (Å²) in [7, 11) is 3.11. The fourth-order valence-electron chi connectivity index (χ4n) is 4.36. The van der Waals surface area contributed by atoms with Crippen LogP contribution in [0.1, 0.15) is 42.5 Å². The van der Waals surface area contributed by atoms with E-state index < -0.39 is 6.09 Å². The van der Waals surface area contributed by atoms with Gasteiger partial charge in [-0.05, 0) is 44.2 Å². The third kappa shape index (κ3) is 6.99. The van der Waals surface area contributed by atoms with Crippen LogP contribution >= 0.6 is 22.9 Å². The van der Waals surface area contributed by atoms with E-state index in [1.54, 1.807) is 19.3 Å². The van der Waals surface area contributed by atoms with Gasteiger partial charge in [0.15, 0.2) is 11.6 Å². The number of hydrogen-bond acceptors (Lipinski definition) is 8. The molecule has 3 aromatic rings. The molecule has 1 fully saturated rings. The maximum Gasteiger partial charge on any atom is 0.410 e. The van der Waals surface area contributed by atoms with Crippen LogP contribution in [0.2, 0.25) is 4.34 Å². The van der Waals surface area contributed by atoms with Crippen LogP contribution in [0.3, 0.4) is 0 Å². The number of aryl methyl sites for hydroxylation is 1. The van der Waals surface area contributed by atoms with Gasteiger partial charge in [0.2, 0.25) is 0 Å². The second-order valence-corrected chi connectivity index (χ2v) is 10.8. The first-order valence-corrected chi connectivity index (χ1v) is 13.3. The Hall–Kier alpha value is -3.17. The van der Waals surface area contributed by atoms with Crippen molar-refractivity contribution in [2.45, 2.75) is 51.9 Å². The number of benzene rings is 1. The highest BCUT2D eigenvalue weighted by molar-refractivity contribution is 7.19. The van der Waals surface area contributed by atoms with Crippen molar-refractivity contribution in [3.63, 3.8) is 0 Å². The van der Waals surface area contributed by atoms with E-state index in [1.165, 1.54) is 23.3 Å². The van der Waals surface area contributed by atoms with Gasteiger partial charge in [-0.1, -0.05) is 41.9 Å². The smallest absolute Gasteiger partial charge is 0.410 e. The topological polar surface area (TPSA) is 90.8 Å². The highest BCUT2D eigenvalue weighted by Crippen LogP contribution is 2.36. The summed E-state index contributed by atoms with van der Waals surface area (Å²) in [6.45, 7) is 2.35. The molecule has 0 spiro atoms. The molecule has 1 aliphatic rings. The van der Waals surface area contributed by atoms with Crippen LogP contribution in [0, 0.1) is 12.8 Å². The Morgan fingerprint density at radius 3 is 2.73 bits per heavy atom. The first-order valence-electron chi connectivity index (χ1n) is 12.1. The maximum absolute atomic E-state index is 12.5. The third-order valence-electron chi connectivity index (χ3n) is 6.30. The molecular formula is C27H30ClN3O5S. The number of rotatable bonds is 8. The predicted molar refractivity (Wildman–Crippen MR) is 142 cm³/mol. The summed E-state index contributed by atoms with van der Waals surface area (Å²) in [5.74, 6) is 0.735. The van der Waals surface area contributed by atoms with Gasteiger partial charge in [0.05, 0.1) is 40.2 Å². The minimum absolute atomic E-state index is 0.0498. The zero-order valence-electron chi connectivity index (χ0n) is 21.1. The lowest BCUT2D eigenvalue weighted by Gasteiger charge is -2.28. The number of halogens is 1. The molecule has 1 aromatic carbocycles. The molecule has 0 N–H and O–H groups in total. The Labute approximate surface area is 225 Å². The molecule has 2 atom stereocenters. The zero-order chi connectivity index (χ0) is 26.4. The number of amides is 1. The van der Waals surface area contributed by atoms with Gasteiger partial charge in [0.1, 0.15) is 6.61 Å². The first kappa shape index (κ1) is 26.9. The standard InChI is InChI=1S/C27H30ClN3O5S/c1-17-22(36-21-11-7-10-19(12-21)26(32)34-3)14-29-25(30-17)24-20(13-23(28)37-24)16-35-27(33)31(2)15-18-8-5-4-6-9-18/h4-6,8-9,13-14,19,21H,7,10-12,15-16H2,1-3H3/t19-,21-/m0/s1. The van der Waals surface area contributed by atoms with Crippen molar-refractivity contribution in [3.05, 3.63) is 63.8 Å². The molecule has 4 rings (SSSR count). The number of ether oxygens (including phenoxy) is 3. The lowest BCUT2D eigenvalue weighted by Crippen LogP contribution is -2.30. The number of carbonyl (C=O) groups excluding carboxylic acids is 2. The molecule has 0 aliphatic heterocycles. The van der Waals surface area contributed by atoms with Gasteiger partial charge in [-0.25, -0.2) is 14.8 Å². The molecule has 0 radical (unpaired) electrons. The largest absolute Gasteiger partial charge is 0.487 e. The Bertz CT molecular complexity index is 1240. The van der Waals surface area contributed by atoms with E-state index in [0.29, 0.717) is 34.6 Å². The molecule has 0 bridgehead atoms. The molecule has 2 aromatic heterocycles. The van der Waals surface area contributed by atoms with Crippen molar-refractivity contribution in [1.82, 2.24) is 14.9 Å². The predicted octanol–water partition coefficient (Wildman–Crippen LogP) is 6.05. The SMILES string of the molecule is COC(=O)[C@H]1CCC[C@H](Oc2cnc(-c3sc(Cl)cc3COC(=O)N(C)Cc3ccccc3)nc2C)C1. The van der Waals surface area contributed by atoms with E-state index >= 15 is 0 Å². The van der Waals surface area contributed by atoms with Crippen LogP contribution in [0.15, 0.2) is 42.6 Å². The summed E-state index contributed by atoms with van der Waals surface area (Å²) in [4.78, 5) is 35.9. The van der Waals surface area contributed by atoms with Gasteiger partial charge in [0, 0.05) is 19.2 Å². The van der Waals surface area contributed by atoms with Crippen LogP contribution in [-0.2, 0) is 27.4 Å². The average Bonchev–Trinajstić information content (AvgIpc) is 3.29. The fraction of sp³-hybridized carbons (Fsp3) is 0.407. The quantitative estimate of drug-likeness (QED) is 0.319. The monoisotopic (exact) mass is 543 g/mol. The van der Waals surface area contributed by atoms with Crippen molar-refractivity contribution in [3.8, 4) is 16.5 Å². The van der Waals surface area contributed by atoms with Crippen molar-refractivity contribution < 1.29 is 23.8 Å². The third-order valence-corrected chi connectivity index (χ3v) is 7.60. The van der Waals surface area contributed by atoms with Crippen LogP contribution in [-0.4, -0.2) is 47.2 Å². The maximum atomic E-state index is 12.5. The number of methoxy groups -OCH3 is 1. The van der Waals surface area contributed by atoms with Crippen molar-refractivity contribution >= 4 is 35.0 Å². The van der Waals surface area contributed by atoms with Gasteiger partial charge in [-0.3, -0.25) is 4.79 Å². The Balaban J connectivity index is 1.40. The lowest BCUT2D eigenvalue weighted by atomic mass is 9.87. The fourth-order valence-corrected chi connectivity index (χ4v) is 5.55. The first-order chi connectivity index (χ1) is 17.8. The highest BCUT2D eigenvalue weighted by Gasteiger charge is 2.29. The molecule has 196 valence electrons. The van der Waals surface area contributed by atoms with E-state index in [-0.39, 0.29) is 24.6 Å². The molecule has 1 aliphatic carbocycles. The summed E-state index contributed by atoms with van der Waals surface area (Å²) < 4.78 is 17.2. The van der Waals surface area contributed by atoms with Crippen LogP contribution in [0.25, 0.3) is 10.7 Å². The van der Waals surface area contributed by atoms with E-state index in [9.17, 15) is 9.59 Å². The molecule has 10 heteroatoms. The number of nitrogens with zero attached hydrogens (tertiary/aromatic N) is 3. The summed E-state index contributed by atoms with van der Waals surface area (Å²) in [5, 5.41) is 0. The van der Waals surface area contributed by atoms with Crippen LogP contribution in [0.5, 0.6) is 5.75 Å². The van der Waals surface area contributed by atoms with Crippen molar-refractivity contribution in [2.75, 3.05) is 14.2 Å². The van der Waals surface area contributed by atoms with Gasteiger partial charge >= 0.3 is 12.1 Å². The average molecular weight is 544 g/mol. The molecule has 8 nitrogen and oxygen atoms in total. The van der Waals surface area contributed by atoms with Gasteiger partial charge in [-0.2, -0.15) is 0 Å². The van der Waals surface area contributed by atoms with E-state index in [1.807, 2.05) is 37.3 Å². The summed E-state index contributed by atoms with van der Waals surface area (Å²) in [6, 6.07) is 11.5. The number of thiophene rings is 1. The van der Waals surface area contributed by atoms with Crippen molar-refractivity contribution in [1.29, 1.82) is 0 Å². The van der Waals surface area contributed by atoms with Crippen molar-refractivity contribution in [2.24, 2.45) is 5.92 Å². The summed E-state index contributed by atoms with van der Waals surface area (Å²) >= 11 is 7.63. The van der Waals surface area contributed by atoms with Gasteiger partial charge < -0.3 is 19.1 Å². The minimum atomic E-state index is -0.435. The molecule has 1 amide bonds. The normalized spacial score (nSPS) is 17.2. The Morgan fingerprint density at radius 2 is 2.00 bits per heavy atom. The highest BCUT2D eigenvalue weighted by atomic mass is 35.5. The Kier molecular flexibility index (Phi) is 9.00. The summed E-state index contributed by atoms with van der Waals surface area (Å²) in [5.41, 5.74) is 2.43. The van der Waals surface area contributed by atoms with Gasteiger partial charge in [0.25, 0.3) is 0 Å². The van der Waals surface area contributed by atoms with E-state index in [0.717, 1.165) is 35.3 Å². The lowest BCUT2D eigenvalue weighted by molar-refractivity contribution is -0.147. The molecule has 0 unspecified atom stereocenters. The second-order valence-electron chi connectivity index (χ2n) is 9.07. The molecule has 0 saturated heterocycles.